The van der Waals surface area contributed by atoms with Crippen molar-refractivity contribution in [1.29, 1.82) is 0 Å². The fourth-order valence-electron chi connectivity index (χ4n) is 1.44. The van der Waals surface area contributed by atoms with Crippen molar-refractivity contribution in [3.05, 3.63) is 29.3 Å². The summed E-state index contributed by atoms with van der Waals surface area (Å²) >= 11 is 0. The second kappa shape index (κ2) is 6.95. The van der Waals surface area contributed by atoms with Gasteiger partial charge in [0.25, 0.3) is 5.91 Å². The van der Waals surface area contributed by atoms with Crippen LogP contribution in [0.2, 0.25) is 0 Å². The first-order valence-corrected chi connectivity index (χ1v) is 6.17. The van der Waals surface area contributed by atoms with Crippen LogP contribution in [0.15, 0.2) is 12.1 Å². The molecule has 0 saturated carbocycles. The summed E-state index contributed by atoms with van der Waals surface area (Å²) in [6.45, 7) is 3.84. The van der Waals surface area contributed by atoms with Gasteiger partial charge < -0.3 is 16.4 Å². The van der Waals surface area contributed by atoms with Gasteiger partial charge in [0.2, 0.25) is 5.91 Å². The molecule has 0 spiro atoms. The van der Waals surface area contributed by atoms with Gasteiger partial charge in [0.15, 0.2) is 0 Å². The van der Waals surface area contributed by atoms with Crippen LogP contribution in [0.3, 0.4) is 0 Å². The lowest BCUT2D eigenvalue weighted by atomic mass is 10.1. The third-order valence-corrected chi connectivity index (χ3v) is 2.82. The molecule has 20 heavy (non-hydrogen) atoms. The molecule has 0 bridgehead atoms. The van der Waals surface area contributed by atoms with Gasteiger partial charge in [-0.15, -0.1) is 0 Å². The smallest absolute Gasteiger partial charge is 0.251 e. The molecule has 7 heteroatoms. The molecule has 1 rings (SSSR count). The SMILES string of the molecule is CCC(C)NCC(=O)Nc1cc(C(N)=O)c(F)cc1F. The highest BCUT2D eigenvalue weighted by Gasteiger charge is 2.15. The highest BCUT2D eigenvalue weighted by Crippen LogP contribution is 2.19. The lowest BCUT2D eigenvalue weighted by molar-refractivity contribution is -0.115. The van der Waals surface area contributed by atoms with Gasteiger partial charge in [-0.25, -0.2) is 8.78 Å². The van der Waals surface area contributed by atoms with E-state index in [2.05, 4.69) is 10.6 Å². The van der Waals surface area contributed by atoms with E-state index in [9.17, 15) is 18.4 Å². The maximum atomic E-state index is 13.5. The van der Waals surface area contributed by atoms with E-state index >= 15 is 0 Å². The third kappa shape index (κ3) is 4.27. The van der Waals surface area contributed by atoms with Crippen LogP contribution in [-0.4, -0.2) is 24.4 Å². The van der Waals surface area contributed by atoms with Crippen LogP contribution >= 0.6 is 0 Å². The fraction of sp³-hybridized carbons (Fsp3) is 0.385. The minimum absolute atomic E-state index is 0.0161. The zero-order valence-corrected chi connectivity index (χ0v) is 11.3. The number of primary amides is 1. The molecule has 0 saturated heterocycles. The molecule has 0 aliphatic rings. The summed E-state index contributed by atoms with van der Waals surface area (Å²) in [7, 11) is 0. The van der Waals surface area contributed by atoms with E-state index in [1.807, 2.05) is 13.8 Å². The molecule has 0 aliphatic heterocycles. The van der Waals surface area contributed by atoms with Gasteiger partial charge in [-0.05, 0) is 19.4 Å². The van der Waals surface area contributed by atoms with E-state index in [-0.39, 0.29) is 18.3 Å². The molecule has 1 aromatic carbocycles. The number of carbonyl (C=O) groups excluding carboxylic acids is 2. The van der Waals surface area contributed by atoms with E-state index in [0.717, 1.165) is 12.5 Å². The molecule has 4 N–H and O–H groups in total. The van der Waals surface area contributed by atoms with Gasteiger partial charge in [0.1, 0.15) is 11.6 Å². The first-order chi connectivity index (χ1) is 9.35. The monoisotopic (exact) mass is 285 g/mol. The summed E-state index contributed by atoms with van der Waals surface area (Å²) in [5, 5.41) is 5.18. The van der Waals surface area contributed by atoms with Crippen molar-refractivity contribution in [3.8, 4) is 0 Å². The van der Waals surface area contributed by atoms with Crippen molar-refractivity contribution in [3.63, 3.8) is 0 Å². The Labute approximate surface area is 115 Å². The van der Waals surface area contributed by atoms with Gasteiger partial charge >= 0.3 is 0 Å². The lowest BCUT2D eigenvalue weighted by Crippen LogP contribution is -2.34. The van der Waals surface area contributed by atoms with Crippen molar-refractivity contribution in [2.75, 3.05) is 11.9 Å². The van der Waals surface area contributed by atoms with Gasteiger partial charge in [-0.1, -0.05) is 6.92 Å². The first-order valence-electron chi connectivity index (χ1n) is 6.17. The maximum absolute atomic E-state index is 13.5. The van der Waals surface area contributed by atoms with E-state index in [0.29, 0.717) is 6.07 Å². The summed E-state index contributed by atoms with van der Waals surface area (Å²) in [4.78, 5) is 22.6. The van der Waals surface area contributed by atoms with Crippen molar-refractivity contribution in [2.24, 2.45) is 5.73 Å². The van der Waals surface area contributed by atoms with E-state index in [1.165, 1.54) is 0 Å². The Bertz CT molecular complexity index is 521. The van der Waals surface area contributed by atoms with Crippen LogP contribution in [0, 0.1) is 11.6 Å². The Morgan fingerprint density at radius 3 is 2.50 bits per heavy atom. The minimum atomic E-state index is -1.06. The lowest BCUT2D eigenvalue weighted by Gasteiger charge is -2.12. The fourth-order valence-corrected chi connectivity index (χ4v) is 1.44. The molecule has 0 aliphatic carbocycles. The van der Waals surface area contributed by atoms with Crippen molar-refractivity contribution >= 4 is 17.5 Å². The van der Waals surface area contributed by atoms with E-state index in [1.54, 1.807) is 0 Å². The van der Waals surface area contributed by atoms with Gasteiger partial charge in [-0.2, -0.15) is 0 Å². The minimum Gasteiger partial charge on any atom is -0.366 e. The summed E-state index contributed by atoms with van der Waals surface area (Å²) in [6, 6.07) is 1.53. The van der Waals surface area contributed by atoms with Crippen molar-refractivity contribution in [1.82, 2.24) is 5.32 Å². The quantitative estimate of drug-likeness (QED) is 0.738. The van der Waals surface area contributed by atoms with Crippen LogP contribution in [0.4, 0.5) is 14.5 Å². The molecule has 1 aromatic rings. The van der Waals surface area contributed by atoms with Crippen LogP contribution in [-0.2, 0) is 4.79 Å². The zero-order valence-electron chi connectivity index (χ0n) is 11.3. The van der Waals surface area contributed by atoms with Crippen LogP contribution < -0.4 is 16.4 Å². The summed E-state index contributed by atoms with van der Waals surface area (Å²) < 4.78 is 26.7. The van der Waals surface area contributed by atoms with Crippen LogP contribution in [0.25, 0.3) is 0 Å². The van der Waals surface area contributed by atoms with E-state index < -0.39 is 29.0 Å². The Morgan fingerprint density at radius 1 is 1.30 bits per heavy atom. The Hall–Kier alpha value is -2.02. The Morgan fingerprint density at radius 2 is 1.95 bits per heavy atom. The number of benzene rings is 1. The zero-order chi connectivity index (χ0) is 15.3. The van der Waals surface area contributed by atoms with Gasteiger partial charge in [0, 0.05) is 12.1 Å². The summed E-state index contributed by atoms with van der Waals surface area (Å²) in [5.74, 6) is -3.56. The van der Waals surface area contributed by atoms with Crippen LogP contribution in [0.1, 0.15) is 30.6 Å². The Balaban J connectivity index is 2.79. The predicted molar refractivity (Wildman–Crippen MR) is 71.3 cm³/mol. The molecule has 110 valence electrons. The molecular weight excluding hydrogens is 268 g/mol. The number of amides is 2. The van der Waals surface area contributed by atoms with Gasteiger partial charge in [-0.3, -0.25) is 9.59 Å². The van der Waals surface area contributed by atoms with Crippen molar-refractivity contribution < 1.29 is 18.4 Å². The molecule has 0 aromatic heterocycles. The molecular formula is C13H17F2N3O2. The van der Waals surface area contributed by atoms with Crippen LogP contribution in [0.5, 0.6) is 0 Å². The van der Waals surface area contributed by atoms with E-state index in [4.69, 9.17) is 5.73 Å². The molecule has 5 nitrogen and oxygen atoms in total. The average molecular weight is 285 g/mol. The van der Waals surface area contributed by atoms with Gasteiger partial charge in [0.05, 0.1) is 17.8 Å². The van der Waals surface area contributed by atoms with Crippen molar-refractivity contribution in [2.45, 2.75) is 26.3 Å². The second-order valence-corrected chi connectivity index (χ2v) is 4.41. The highest BCUT2D eigenvalue weighted by atomic mass is 19.1. The normalized spacial score (nSPS) is 12.0. The standard InChI is InChI=1S/C13H17F2N3O2/c1-3-7(2)17-6-12(19)18-11-4-8(13(16)20)9(14)5-10(11)15/h4-5,7,17H,3,6H2,1-2H3,(H2,16,20)(H,18,19). The Kier molecular flexibility index (Phi) is 5.57. The summed E-state index contributed by atoms with van der Waals surface area (Å²) in [6.07, 6.45) is 0.837. The molecule has 0 heterocycles. The number of nitrogens with two attached hydrogens (primary N) is 1. The molecule has 0 fully saturated rings. The number of carbonyl (C=O) groups is 2. The topological polar surface area (TPSA) is 84.2 Å². The second-order valence-electron chi connectivity index (χ2n) is 4.41. The number of anilines is 1. The largest absolute Gasteiger partial charge is 0.366 e. The molecule has 1 atom stereocenters. The number of halogens is 2. The number of rotatable bonds is 6. The average Bonchev–Trinajstić information content (AvgIpc) is 2.38. The number of hydrogen-bond acceptors (Lipinski definition) is 3. The third-order valence-electron chi connectivity index (χ3n) is 2.82. The molecule has 0 radical (unpaired) electrons. The summed E-state index contributed by atoms with van der Waals surface area (Å²) in [5.41, 5.74) is 4.20. The highest BCUT2D eigenvalue weighted by molar-refractivity contribution is 5.97. The first kappa shape index (κ1) is 16.0. The number of hydrogen-bond donors (Lipinski definition) is 3. The molecule has 1 unspecified atom stereocenters. The number of nitrogens with one attached hydrogen (secondary N) is 2. The maximum Gasteiger partial charge on any atom is 0.251 e. The molecule has 2 amide bonds. The predicted octanol–water partition coefficient (Wildman–Crippen LogP) is 1.39.